The molecule has 3 rings (SSSR count). The van der Waals surface area contributed by atoms with Crippen molar-refractivity contribution in [2.45, 2.75) is 39.2 Å². The van der Waals surface area contributed by atoms with Crippen molar-refractivity contribution in [3.63, 3.8) is 0 Å². The van der Waals surface area contributed by atoms with Gasteiger partial charge in [0.1, 0.15) is 0 Å². The SMILES string of the molecule is Cc1cccc(CNC(=O)C2CCC(C(=O)Nc3ccc(Cl)cc3)CC2)c1. The van der Waals surface area contributed by atoms with Gasteiger partial charge in [-0.2, -0.15) is 0 Å². The van der Waals surface area contributed by atoms with E-state index in [4.69, 9.17) is 11.6 Å². The van der Waals surface area contributed by atoms with E-state index in [9.17, 15) is 9.59 Å². The Morgan fingerprint density at radius 3 is 2.22 bits per heavy atom. The standard InChI is InChI=1S/C22H25ClN2O2/c1-15-3-2-4-16(13-15)14-24-21(26)17-5-7-18(8-6-17)22(27)25-20-11-9-19(23)10-12-20/h2-4,9-13,17-18H,5-8,14H2,1H3,(H,24,26)(H,25,27). The molecule has 27 heavy (non-hydrogen) atoms. The van der Waals surface area contributed by atoms with Crippen LogP contribution in [0.3, 0.4) is 0 Å². The highest BCUT2D eigenvalue weighted by Gasteiger charge is 2.29. The van der Waals surface area contributed by atoms with Gasteiger partial charge in [-0.1, -0.05) is 41.4 Å². The number of carbonyl (C=O) groups excluding carboxylic acids is 2. The minimum atomic E-state index is -0.0403. The summed E-state index contributed by atoms with van der Waals surface area (Å²) in [6.45, 7) is 2.60. The summed E-state index contributed by atoms with van der Waals surface area (Å²) in [7, 11) is 0. The molecule has 0 atom stereocenters. The van der Waals surface area contributed by atoms with Crippen LogP contribution < -0.4 is 10.6 Å². The van der Waals surface area contributed by atoms with Crippen molar-refractivity contribution in [3.05, 3.63) is 64.7 Å². The second-order valence-corrected chi connectivity index (χ2v) is 7.69. The van der Waals surface area contributed by atoms with E-state index in [1.807, 2.05) is 25.1 Å². The Balaban J connectivity index is 1.44. The molecule has 0 bridgehead atoms. The summed E-state index contributed by atoms with van der Waals surface area (Å²) >= 11 is 5.86. The average molecular weight is 385 g/mol. The number of amides is 2. The molecule has 0 aliphatic heterocycles. The number of halogens is 1. The predicted molar refractivity (Wildman–Crippen MR) is 109 cm³/mol. The first kappa shape index (κ1) is 19.4. The summed E-state index contributed by atoms with van der Waals surface area (Å²) in [6.07, 6.45) is 2.97. The van der Waals surface area contributed by atoms with Crippen LogP contribution in [0.1, 0.15) is 36.8 Å². The molecular weight excluding hydrogens is 360 g/mol. The fourth-order valence-corrected chi connectivity index (χ4v) is 3.68. The quantitative estimate of drug-likeness (QED) is 0.784. The lowest BCUT2D eigenvalue weighted by Crippen LogP contribution is -2.35. The van der Waals surface area contributed by atoms with Crippen LogP contribution in [0.5, 0.6) is 0 Å². The molecule has 5 heteroatoms. The third-order valence-corrected chi connectivity index (χ3v) is 5.38. The van der Waals surface area contributed by atoms with Crippen LogP contribution in [0.25, 0.3) is 0 Å². The third kappa shape index (κ3) is 5.57. The zero-order chi connectivity index (χ0) is 19.2. The summed E-state index contributed by atoms with van der Waals surface area (Å²) in [5.74, 6) is 0.0694. The number of hydrogen-bond acceptors (Lipinski definition) is 2. The first-order valence-corrected chi connectivity index (χ1v) is 9.79. The van der Waals surface area contributed by atoms with Crippen LogP contribution >= 0.6 is 11.6 Å². The van der Waals surface area contributed by atoms with E-state index in [0.717, 1.165) is 36.9 Å². The van der Waals surface area contributed by atoms with E-state index >= 15 is 0 Å². The maximum Gasteiger partial charge on any atom is 0.227 e. The van der Waals surface area contributed by atoms with Gasteiger partial charge < -0.3 is 10.6 Å². The summed E-state index contributed by atoms with van der Waals surface area (Å²) in [6, 6.07) is 15.3. The summed E-state index contributed by atoms with van der Waals surface area (Å²) in [5, 5.41) is 6.61. The lowest BCUT2D eigenvalue weighted by atomic mass is 9.81. The second-order valence-electron chi connectivity index (χ2n) is 7.25. The van der Waals surface area contributed by atoms with Gasteiger partial charge >= 0.3 is 0 Å². The highest BCUT2D eigenvalue weighted by molar-refractivity contribution is 6.30. The second kappa shape index (κ2) is 9.05. The number of hydrogen-bond donors (Lipinski definition) is 2. The van der Waals surface area contributed by atoms with Crippen LogP contribution in [0.2, 0.25) is 5.02 Å². The molecule has 2 N–H and O–H groups in total. The Morgan fingerprint density at radius 2 is 1.59 bits per heavy atom. The number of carbonyl (C=O) groups is 2. The molecule has 1 aliphatic rings. The Morgan fingerprint density at radius 1 is 0.963 bits per heavy atom. The molecule has 0 aromatic heterocycles. The molecule has 1 saturated carbocycles. The third-order valence-electron chi connectivity index (χ3n) is 5.13. The molecule has 0 spiro atoms. The van der Waals surface area contributed by atoms with E-state index in [2.05, 4.69) is 16.7 Å². The maximum absolute atomic E-state index is 12.4. The van der Waals surface area contributed by atoms with Crippen molar-refractivity contribution in [1.82, 2.24) is 5.32 Å². The van der Waals surface area contributed by atoms with Gasteiger partial charge in [-0.3, -0.25) is 9.59 Å². The number of nitrogens with one attached hydrogen (secondary N) is 2. The fraction of sp³-hybridized carbons (Fsp3) is 0.364. The summed E-state index contributed by atoms with van der Waals surface area (Å²) in [4.78, 5) is 24.9. The van der Waals surface area contributed by atoms with Crippen molar-refractivity contribution >= 4 is 29.1 Å². The van der Waals surface area contributed by atoms with Crippen LogP contribution in [-0.4, -0.2) is 11.8 Å². The molecule has 1 aliphatic carbocycles. The molecule has 1 fully saturated rings. The summed E-state index contributed by atoms with van der Waals surface area (Å²) < 4.78 is 0. The van der Waals surface area contributed by atoms with Crippen molar-refractivity contribution in [1.29, 1.82) is 0 Å². The molecule has 0 unspecified atom stereocenters. The Bertz CT molecular complexity index is 796. The number of aryl methyl sites for hydroxylation is 1. The molecule has 2 aromatic rings. The Hall–Kier alpha value is -2.33. The van der Waals surface area contributed by atoms with Gasteiger partial charge in [0.05, 0.1) is 0 Å². The van der Waals surface area contributed by atoms with Crippen molar-refractivity contribution in [3.8, 4) is 0 Å². The van der Waals surface area contributed by atoms with Gasteiger partial charge in [0.2, 0.25) is 11.8 Å². The van der Waals surface area contributed by atoms with E-state index in [1.54, 1.807) is 24.3 Å². The normalized spacial score (nSPS) is 19.3. The van der Waals surface area contributed by atoms with E-state index in [0.29, 0.717) is 11.6 Å². The van der Waals surface area contributed by atoms with Crippen molar-refractivity contribution in [2.24, 2.45) is 11.8 Å². The number of rotatable bonds is 5. The Labute approximate surface area is 165 Å². The van der Waals surface area contributed by atoms with Gasteiger partial charge in [0.25, 0.3) is 0 Å². The van der Waals surface area contributed by atoms with Crippen molar-refractivity contribution < 1.29 is 9.59 Å². The molecule has 142 valence electrons. The Kier molecular flexibility index (Phi) is 6.51. The van der Waals surface area contributed by atoms with Gasteiger partial charge in [-0.15, -0.1) is 0 Å². The maximum atomic E-state index is 12.4. The van der Waals surface area contributed by atoms with E-state index < -0.39 is 0 Å². The van der Waals surface area contributed by atoms with Gasteiger partial charge in [-0.25, -0.2) is 0 Å². The van der Waals surface area contributed by atoms with Crippen LogP contribution in [-0.2, 0) is 16.1 Å². The first-order chi connectivity index (χ1) is 13.0. The van der Waals surface area contributed by atoms with Crippen molar-refractivity contribution in [2.75, 3.05) is 5.32 Å². The van der Waals surface area contributed by atoms with Crippen LogP contribution in [0.15, 0.2) is 48.5 Å². The zero-order valence-corrected chi connectivity index (χ0v) is 16.3. The monoisotopic (exact) mass is 384 g/mol. The van der Waals surface area contributed by atoms with Gasteiger partial charge in [0.15, 0.2) is 0 Å². The molecule has 2 amide bonds. The molecule has 4 nitrogen and oxygen atoms in total. The minimum absolute atomic E-state index is 0.00519. The van der Waals surface area contributed by atoms with Crippen LogP contribution in [0, 0.1) is 18.8 Å². The molecule has 0 radical (unpaired) electrons. The fourth-order valence-electron chi connectivity index (χ4n) is 3.55. The van der Waals surface area contributed by atoms with Crippen LogP contribution in [0.4, 0.5) is 5.69 Å². The average Bonchev–Trinajstić information content (AvgIpc) is 2.68. The lowest BCUT2D eigenvalue weighted by Gasteiger charge is -2.27. The number of anilines is 1. The highest BCUT2D eigenvalue weighted by atomic mass is 35.5. The lowest BCUT2D eigenvalue weighted by molar-refractivity contribution is -0.128. The predicted octanol–water partition coefficient (Wildman–Crippen LogP) is 4.71. The van der Waals surface area contributed by atoms with Gasteiger partial charge in [-0.05, 0) is 62.4 Å². The highest BCUT2D eigenvalue weighted by Crippen LogP contribution is 2.30. The number of benzene rings is 2. The minimum Gasteiger partial charge on any atom is -0.352 e. The summed E-state index contributed by atoms with van der Waals surface area (Å²) in [5.41, 5.74) is 3.05. The molecule has 0 saturated heterocycles. The first-order valence-electron chi connectivity index (χ1n) is 9.41. The van der Waals surface area contributed by atoms with Gasteiger partial charge in [0, 0.05) is 29.1 Å². The largest absolute Gasteiger partial charge is 0.352 e. The molecule has 2 aromatic carbocycles. The van der Waals surface area contributed by atoms with E-state index in [1.165, 1.54) is 5.56 Å². The molecule has 0 heterocycles. The smallest absolute Gasteiger partial charge is 0.227 e. The molecular formula is C22H25ClN2O2. The topological polar surface area (TPSA) is 58.2 Å². The van der Waals surface area contributed by atoms with E-state index in [-0.39, 0.29) is 23.7 Å². The zero-order valence-electron chi connectivity index (χ0n) is 15.5.